The highest BCUT2D eigenvalue weighted by molar-refractivity contribution is 7.71. The summed E-state index contributed by atoms with van der Waals surface area (Å²) < 4.78 is 1.52. The fourth-order valence-electron chi connectivity index (χ4n) is 2.44. The molecule has 0 atom stereocenters. The Kier molecular flexibility index (Phi) is 4.49. The number of aromatic hydroxyl groups is 1. The van der Waals surface area contributed by atoms with E-state index in [1.165, 1.54) is 10.8 Å². The first-order valence-electron chi connectivity index (χ1n) is 7.51. The van der Waals surface area contributed by atoms with Crippen molar-refractivity contribution in [3.8, 4) is 11.6 Å². The second-order valence-electron chi connectivity index (χ2n) is 5.47. The zero-order valence-electron chi connectivity index (χ0n) is 13.4. The highest BCUT2D eigenvalue weighted by Crippen LogP contribution is 2.22. The molecule has 0 saturated carbocycles. The number of H-pyrrole nitrogens is 1. The fourth-order valence-corrected chi connectivity index (χ4v) is 2.71. The van der Waals surface area contributed by atoms with E-state index in [-0.39, 0.29) is 16.2 Å². The predicted molar refractivity (Wildman–Crippen MR) is 102 cm³/mol. The standard InChI is InChI=1S/C18H16N4O2S/c1-11-5-2-3-8-15(11)22-17(24)14(16(23)21-18(22)25)10-20-13-7-4-6-12(19)9-13/h2-10,24H,19H2,1H3,(H,21,23,25). The van der Waals surface area contributed by atoms with Crippen LogP contribution >= 0.6 is 12.2 Å². The van der Waals surface area contributed by atoms with Gasteiger partial charge in [-0.1, -0.05) is 24.3 Å². The van der Waals surface area contributed by atoms with E-state index in [1.807, 2.05) is 31.2 Å². The zero-order chi connectivity index (χ0) is 18.0. The number of aryl methyl sites for hydroxylation is 1. The minimum atomic E-state index is -0.514. The molecule has 0 bridgehead atoms. The smallest absolute Gasteiger partial charge is 0.264 e. The van der Waals surface area contributed by atoms with Gasteiger partial charge in [-0.25, -0.2) is 0 Å². The number of nitrogens with two attached hydrogens (primary N) is 1. The molecule has 0 amide bonds. The average molecular weight is 352 g/mol. The Morgan fingerprint density at radius 2 is 2.00 bits per heavy atom. The number of nitrogens with one attached hydrogen (secondary N) is 1. The molecule has 6 nitrogen and oxygen atoms in total. The maximum absolute atomic E-state index is 12.2. The summed E-state index contributed by atoms with van der Waals surface area (Å²) in [6, 6.07) is 14.3. The molecule has 1 aromatic heterocycles. The Labute approximate surface area is 148 Å². The van der Waals surface area contributed by atoms with Crippen LogP contribution in [-0.4, -0.2) is 20.9 Å². The lowest BCUT2D eigenvalue weighted by Gasteiger charge is -2.13. The summed E-state index contributed by atoms with van der Waals surface area (Å²) in [7, 11) is 0. The molecule has 7 heteroatoms. The monoisotopic (exact) mass is 352 g/mol. The molecule has 0 aliphatic heterocycles. The molecule has 0 unspecified atom stereocenters. The molecule has 2 aromatic carbocycles. The highest BCUT2D eigenvalue weighted by Gasteiger charge is 2.13. The van der Waals surface area contributed by atoms with E-state index in [4.69, 9.17) is 18.0 Å². The van der Waals surface area contributed by atoms with Crippen LogP contribution in [0.25, 0.3) is 5.69 Å². The van der Waals surface area contributed by atoms with Gasteiger partial charge in [0.05, 0.1) is 11.4 Å². The molecule has 4 N–H and O–H groups in total. The van der Waals surface area contributed by atoms with E-state index in [1.54, 1.807) is 24.3 Å². The van der Waals surface area contributed by atoms with Crippen LogP contribution in [-0.2, 0) is 0 Å². The van der Waals surface area contributed by atoms with Crippen molar-refractivity contribution in [3.63, 3.8) is 0 Å². The third kappa shape index (κ3) is 3.36. The number of aromatic amines is 1. The van der Waals surface area contributed by atoms with Gasteiger partial charge in [0.1, 0.15) is 5.56 Å². The van der Waals surface area contributed by atoms with Crippen molar-refractivity contribution >= 4 is 29.8 Å². The summed E-state index contributed by atoms with van der Waals surface area (Å²) in [4.78, 5) is 19.0. The van der Waals surface area contributed by atoms with Crippen LogP contribution in [0.5, 0.6) is 5.88 Å². The zero-order valence-corrected chi connectivity index (χ0v) is 14.2. The minimum Gasteiger partial charge on any atom is -0.494 e. The van der Waals surface area contributed by atoms with E-state index in [0.29, 0.717) is 17.1 Å². The van der Waals surface area contributed by atoms with Gasteiger partial charge in [0, 0.05) is 11.9 Å². The molecule has 1 heterocycles. The molecule has 126 valence electrons. The third-order valence-electron chi connectivity index (χ3n) is 3.69. The predicted octanol–water partition coefficient (Wildman–Crippen LogP) is 3.24. The molecular weight excluding hydrogens is 336 g/mol. The van der Waals surface area contributed by atoms with Crippen molar-refractivity contribution in [1.82, 2.24) is 9.55 Å². The average Bonchev–Trinajstić information content (AvgIpc) is 2.56. The summed E-state index contributed by atoms with van der Waals surface area (Å²) in [5.74, 6) is -0.268. The van der Waals surface area contributed by atoms with Crippen LogP contribution in [0.3, 0.4) is 0 Å². The molecule has 25 heavy (non-hydrogen) atoms. The van der Waals surface area contributed by atoms with Crippen LogP contribution in [0.2, 0.25) is 0 Å². The maximum Gasteiger partial charge on any atom is 0.264 e. The van der Waals surface area contributed by atoms with Gasteiger partial charge >= 0.3 is 0 Å². The second kappa shape index (κ2) is 6.74. The van der Waals surface area contributed by atoms with Crippen LogP contribution in [0.1, 0.15) is 11.1 Å². The summed E-state index contributed by atoms with van der Waals surface area (Å²) in [6.07, 6.45) is 1.30. The summed E-state index contributed by atoms with van der Waals surface area (Å²) in [6.45, 7) is 1.89. The van der Waals surface area contributed by atoms with Gasteiger partial charge in [-0.05, 0) is 49.0 Å². The Hall–Kier alpha value is -3.19. The Bertz CT molecular complexity index is 1080. The summed E-state index contributed by atoms with van der Waals surface area (Å²) >= 11 is 5.21. The molecule has 0 spiro atoms. The normalized spacial score (nSPS) is 11.1. The molecule has 0 fully saturated rings. The van der Waals surface area contributed by atoms with Gasteiger partial charge in [-0.3, -0.25) is 19.3 Å². The van der Waals surface area contributed by atoms with Gasteiger partial charge in [0.15, 0.2) is 4.77 Å². The number of aromatic nitrogens is 2. The van der Waals surface area contributed by atoms with E-state index in [9.17, 15) is 9.90 Å². The van der Waals surface area contributed by atoms with E-state index in [2.05, 4.69) is 9.98 Å². The lowest BCUT2D eigenvalue weighted by atomic mass is 10.2. The Balaban J connectivity index is 2.16. The van der Waals surface area contributed by atoms with Gasteiger partial charge in [0.2, 0.25) is 5.88 Å². The number of rotatable bonds is 3. The number of aliphatic imine (C=N–C) groups is 1. The van der Waals surface area contributed by atoms with Crippen LogP contribution in [0.4, 0.5) is 11.4 Å². The second-order valence-corrected chi connectivity index (χ2v) is 5.86. The highest BCUT2D eigenvalue weighted by atomic mass is 32.1. The molecule has 3 aromatic rings. The molecule has 0 aliphatic carbocycles. The van der Waals surface area contributed by atoms with Gasteiger partial charge < -0.3 is 10.8 Å². The van der Waals surface area contributed by atoms with Crippen molar-refractivity contribution in [3.05, 3.63) is 74.8 Å². The summed E-state index contributed by atoms with van der Waals surface area (Å²) in [5, 5.41) is 10.6. The molecule has 0 saturated heterocycles. The number of nitrogen functional groups attached to an aromatic ring is 1. The van der Waals surface area contributed by atoms with E-state index in [0.717, 1.165) is 5.56 Å². The third-order valence-corrected chi connectivity index (χ3v) is 3.97. The van der Waals surface area contributed by atoms with Crippen LogP contribution in [0, 0.1) is 11.7 Å². The largest absolute Gasteiger partial charge is 0.494 e. The van der Waals surface area contributed by atoms with Crippen molar-refractivity contribution in [1.29, 1.82) is 0 Å². The van der Waals surface area contributed by atoms with Crippen LogP contribution in [0.15, 0.2) is 58.3 Å². The van der Waals surface area contributed by atoms with Gasteiger partial charge in [-0.2, -0.15) is 0 Å². The fraction of sp³-hybridized carbons (Fsp3) is 0.0556. The summed E-state index contributed by atoms with van der Waals surface area (Å²) in [5.41, 5.74) is 7.93. The number of nitrogens with zero attached hydrogens (tertiary/aromatic N) is 2. The number of anilines is 1. The van der Waals surface area contributed by atoms with E-state index < -0.39 is 5.56 Å². The van der Waals surface area contributed by atoms with Gasteiger partial charge in [0.25, 0.3) is 5.56 Å². The number of hydrogen-bond acceptors (Lipinski definition) is 5. The van der Waals surface area contributed by atoms with Crippen molar-refractivity contribution < 1.29 is 5.11 Å². The Morgan fingerprint density at radius 1 is 1.24 bits per heavy atom. The lowest BCUT2D eigenvalue weighted by Crippen LogP contribution is -2.18. The first-order valence-corrected chi connectivity index (χ1v) is 7.92. The Morgan fingerprint density at radius 3 is 2.72 bits per heavy atom. The van der Waals surface area contributed by atoms with Crippen molar-refractivity contribution in [2.45, 2.75) is 6.92 Å². The van der Waals surface area contributed by atoms with Crippen molar-refractivity contribution in [2.75, 3.05) is 5.73 Å². The van der Waals surface area contributed by atoms with E-state index >= 15 is 0 Å². The van der Waals surface area contributed by atoms with Gasteiger partial charge in [-0.15, -0.1) is 0 Å². The molecule has 0 radical (unpaired) electrons. The first-order chi connectivity index (χ1) is 12.0. The SMILES string of the molecule is Cc1ccccc1-n1c(O)c(C=Nc2cccc(N)c2)c(=O)[nH]c1=S. The number of para-hydroxylation sites is 1. The quantitative estimate of drug-likeness (QED) is 0.383. The molecule has 0 aliphatic rings. The first kappa shape index (κ1) is 16.7. The number of benzene rings is 2. The minimum absolute atomic E-state index is 0.0132. The number of hydrogen-bond donors (Lipinski definition) is 3. The maximum atomic E-state index is 12.2. The molecular formula is C18H16N4O2S. The van der Waals surface area contributed by atoms with Crippen LogP contribution < -0.4 is 11.3 Å². The topological polar surface area (TPSA) is 96.4 Å². The molecule has 3 rings (SSSR count). The van der Waals surface area contributed by atoms with Crippen molar-refractivity contribution in [2.24, 2.45) is 4.99 Å². The lowest BCUT2D eigenvalue weighted by molar-refractivity contribution is 0.432.